The van der Waals surface area contributed by atoms with Crippen molar-refractivity contribution in [3.8, 4) is 0 Å². The van der Waals surface area contributed by atoms with Crippen molar-refractivity contribution < 1.29 is 50.6 Å². The van der Waals surface area contributed by atoms with Crippen molar-refractivity contribution in [2.24, 2.45) is 0 Å². The Balaban J connectivity index is 0. The first-order valence-corrected chi connectivity index (χ1v) is 3.49. The molecule has 0 aliphatic heterocycles. The van der Waals surface area contributed by atoms with E-state index in [4.69, 9.17) is 19.6 Å². The fourth-order valence-corrected chi connectivity index (χ4v) is 0. The Bertz CT molecular complexity index is 102. The normalized spacial score (nSPS) is 9.14. The van der Waals surface area contributed by atoms with Crippen LogP contribution in [0.25, 0.3) is 0 Å². The fraction of sp³-hybridized carbons (Fsp3) is 0. The van der Waals surface area contributed by atoms with Crippen LogP contribution in [0.3, 0.4) is 0 Å². The van der Waals surface area contributed by atoms with Crippen molar-refractivity contribution in [2.75, 3.05) is 0 Å². The molecular formula is H2O5SY. The molecule has 5 nitrogen and oxygen atoms in total. The van der Waals surface area contributed by atoms with Crippen LogP contribution in [-0.4, -0.2) is 17.5 Å². The van der Waals surface area contributed by atoms with Gasteiger partial charge >= 0.3 is 43.5 Å². The van der Waals surface area contributed by atoms with Crippen molar-refractivity contribution in [2.45, 2.75) is 0 Å². The second-order valence-electron chi connectivity index (χ2n) is 0.448. The first kappa shape index (κ1) is 10.7. The maximum absolute atomic E-state index is 8.74. The van der Waals surface area contributed by atoms with Crippen LogP contribution in [0.1, 0.15) is 0 Å². The SMILES string of the molecule is O=S(=O)(O)O.[O]=[Y]. The molecule has 0 amide bonds. The van der Waals surface area contributed by atoms with E-state index in [1.54, 1.807) is 0 Å². The van der Waals surface area contributed by atoms with Crippen LogP contribution in [0.5, 0.6) is 0 Å². The van der Waals surface area contributed by atoms with Gasteiger partial charge in [-0.3, -0.25) is 9.11 Å². The van der Waals surface area contributed by atoms with Gasteiger partial charge in [0.1, 0.15) is 0 Å². The molecule has 7 heteroatoms. The molecule has 0 aliphatic rings. The Kier molecular flexibility index (Phi) is 7.52. The van der Waals surface area contributed by atoms with Gasteiger partial charge in [0.15, 0.2) is 0 Å². The molecule has 0 spiro atoms. The minimum absolute atomic E-state index is 0.100. The third-order valence-corrected chi connectivity index (χ3v) is 0. The quantitative estimate of drug-likeness (QED) is 0.504. The van der Waals surface area contributed by atoms with Crippen LogP contribution < -0.4 is 0 Å². The summed E-state index contributed by atoms with van der Waals surface area (Å²) in [4.78, 5) is 0. The van der Waals surface area contributed by atoms with Gasteiger partial charge in [0.05, 0.1) is 0 Å². The standard InChI is InChI=1S/H2O4S.O.Y/c1-5(2,3)4;;/h(H2,1,2,3,4);;. The first-order valence-electron chi connectivity index (χ1n) is 0.934. The number of hydrogen-bond donors (Lipinski definition) is 2. The molecule has 0 unspecified atom stereocenters. The van der Waals surface area contributed by atoms with Crippen molar-refractivity contribution >= 4 is 10.4 Å². The van der Waals surface area contributed by atoms with Gasteiger partial charge in [-0.2, -0.15) is 8.42 Å². The predicted octanol–water partition coefficient (Wildman–Crippen LogP) is -0.774. The molecule has 0 rings (SSSR count). The predicted molar refractivity (Wildman–Crippen MR) is 14.9 cm³/mol. The third-order valence-electron chi connectivity index (χ3n) is 0. The van der Waals surface area contributed by atoms with Crippen molar-refractivity contribution in [1.82, 2.24) is 0 Å². The maximum atomic E-state index is 8.74. The topological polar surface area (TPSA) is 91.7 Å². The van der Waals surface area contributed by atoms with E-state index in [1.165, 1.54) is 0 Å². The molecule has 0 aromatic heterocycles. The molecule has 0 saturated heterocycles. The minimum atomic E-state index is -4.67. The molecule has 7 heavy (non-hydrogen) atoms. The molecule has 0 aliphatic carbocycles. The van der Waals surface area contributed by atoms with Crippen molar-refractivity contribution in [1.29, 1.82) is 0 Å². The summed E-state index contributed by atoms with van der Waals surface area (Å²) in [6, 6.07) is 0. The van der Waals surface area contributed by atoms with Gasteiger partial charge in [-0.25, -0.2) is 0 Å². The Hall–Kier alpha value is 0.774. The fourth-order valence-electron chi connectivity index (χ4n) is 0. The Morgan fingerprint density at radius 1 is 1.14 bits per heavy atom. The summed E-state index contributed by atoms with van der Waals surface area (Å²) in [6.45, 7) is 0. The van der Waals surface area contributed by atoms with E-state index in [0.717, 1.165) is 0 Å². The third kappa shape index (κ3) is 258. The molecule has 0 saturated carbocycles. The van der Waals surface area contributed by atoms with Gasteiger partial charge in [-0.1, -0.05) is 0 Å². The molecule has 0 aromatic carbocycles. The van der Waals surface area contributed by atoms with Crippen LogP contribution >= 0.6 is 0 Å². The average molecular weight is 203 g/mol. The molecule has 0 fully saturated rings. The Labute approximate surface area is 60.7 Å². The second-order valence-corrected chi connectivity index (χ2v) is 1.34. The molecule has 0 radical (unpaired) electrons. The monoisotopic (exact) mass is 203 g/mol. The van der Waals surface area contributed by atoms with E-state index in [0.29, 0.717) is 0 Å². The van der Waals surface area contributed by atoms with Gasteiger partial charge in [0.2, 0.25) is 0 Å². The van der Waals surface area contributed by atoms with Crippen molar-refractivity contribution in [3.05, 3.63) is 0 Å². The van der Waals surface area contributed by atoms with E-state index < -0.39 is 10.4 Å². The molecule has 0 aromatic rings. The van der Waals surface area contributed by atoms with E-state index >= 15 is 0 Å². The van der Waals surface area contributed by atoms with E-state index in [2.05, 4.69) is 0 Å². The van der Waals surface area contributed by atoms with Crippen molar-refractivity contribution in [3.63, 3.8) is 0 Å². The van der Waals surface area contributed by atoms with Crippen LogP contribution in [0.2, 0.25) is 0 Å². The number of rotatable bonds is 0. The molecule has 0 heterocycles. The van der Waals surface area contributed by atoms with Crippen LogP contribution in [-0.2, 0) is 43.5 Å². The van der Waals surface area contributed by atoms with Gasteiger partial charge in [0, 0.05) is 0 Å². The van der Waals surface area contributed by atoms with Crippen LogP contribution in [0.15, 0.2) is 0 Å². The molecule has 0 atom stereocenters. The average Bonchev–Trinajstić information content (AvgIpc) is 1.36. The Morgan fingerprint density at radius 2 is 1.14 bits per heavy atom. The van der Waals surface area contributed by atoms with Gasteiger partial charge in [0.25, 0.3) is 0 Å². The van der Waals surface area contributed by atoms with E-state index in [-0.39, 0.29) is 31.0 Å². The van der Waals surface area contributed by atoms with E-state index in [9.17, 15) is 0 Å². The zero-order chi connectivity index (χ0) is 6.50. The molecular weight excluding hydrogens is 201 g/mol. The van der Waals surface area contributed by atoms with Crippen LogP contribution in [0.4, 0.5) is 0 Å². The summed E-state index contributed by atoms with van der Waals surface area (Å²) >= 11 is 0.100. The molecule has 0 bridgehead atoms. The summed E-state index contributed by atoms with van der Waals surface area (Å²) < 4.78 is 40.0. The zero-order valence-corrected chi connectivity index (χ0v) is 6.76. The zero-order valence-electron chi connectivity index (χ0n) is 3.10. The van der Waals surface area contributed by atoms with Crippen LogP contribution in [0, 0.1) is 0 Å². The molecule has 2 N–H and O–H groups in total. The molecule has 41 valence electrons. The van der Waals surface area contributed by atoms with Gasteiger partial charge in [-0.15, -0.1) is 0 Å². The summed E-state index contributed by atoms with van der Waals surface area (Å²) in [5.74, 6) is 0. The Morgan fingerprint density at radius 3 is 1.14 bits per heavy atom. The first-order chi connectivity index (χ1) is 3.00. The summed E-state index contributed by atoms with van der Waals surface area (Å²) in [7, 11) is -4.67. The summed E-state index contributed by atoms with van der Waals surface area (Å²) in [5, 5.41) is 0. The summed E-state index contributed by atoms with van der Waals surface area (Å²) in [6.07, 6.45) is 0. The summed E-state index contributed by atoms with van der Waals surface area (Å²) in [5.41, 5.74) is 0. The van der Waals surface area contributed by atoms with E-state index in [1.807, 2.05) is 0 Å². The van der Waals surface area contributed by atoms with Gasteiger partial charge in [-0.05, 0) is 0 Å². The number of hydrogen-bond acceptors (Lipinski definition) is 3. The van der Waals surface area contributed by atoms with Gasteiger partial charge < -0.3 is 0 Å². The second kappa shape index (κ2) is 4.92.